The highest BCUT2D eigenvalue weighted by atomic mass is 15.1. The summed E-state index contributed by atoms with van der Waals surface area (Å²) in [6.45, 7) is 5.99. The van der Waals surface area contributed by atoms with Crippen molar-refractivity contribution in [2.24, 2.45) is 0 Å². The lowest BCUT2D eigenvalue weighted by molar-refractivity contribution is 0.453. The fourth-order valence-corrected chi connectivity index (χ4v) is 2.84. The lowest BCUT2D eigenvalue weighted by atomic mass is 9.94. The zero-order valence-electron chi connectivity index (χ0n) is 12.5. The number of nitrogens with zero attached hydrogens (tertiary/aromatic N) is 3. The molecule has 2 aromatic heterocycles. The average molecular weight is 285 g/mol. The SMILES string of the molecule is Cc1nccn1CCNc1cccc(C2CCNCC2)n1. The zero-order valence-corrected chi connectivity index (χ0v) is 12.5. The van der Waals surface area contributed by atoms with E-state index in [0.29, 0.717) is 5.92 Å². The first-order valence-electron chi connectivity index (χ1n) is 7.72. The van der Waals surface area contributed by atoms with Gasteiger partial charge in [0, 0.05) is 37.1 Å². The molecule has 1 saturated heterocycles. The van der Waals surface area contributed by atoms with E-state index >= 15 is 0 Å². The molecule has 2 N–H and O–H groups in total. The van der Waals surface area contributed by atoms with Gasteiger partial charge in [-0.15, -0.1) is 0 Å². The number of rotatable bonds is 5. The van der Waals surface area contributed by atoms with E-state index in [0.717, 1.165) is 37.8 Å². The first-order chi connectivity index (χ1) is 10.3. The number of piperidine rings is 1. The third-order valence-electron chi connectivity index (χ3n) is 4.11. The number of anilines is 1. The standard InChI is InChI=1S/C16H23N5/c1-13-18-9-11-21(13)12-10-19-16-4-2-3-15(20-16)14-5-7-17-8-6-14/h2-4,9,11,14,17H,5-8,10,12H2,1H3,(H,19,20). The van der Waals surface area contributed by atoms with Crippen molar-refractivity contribution in [2.75, 3.05) is 25.0 Å². The van der Waals surface area contributed by atoms with Crippen molar-refractivity contribution in [1.82, 2.24) is 19.9 Å². The average Bonchev–Trinajstić information content (AvgIpc) is 2.94. The Balaban J connectivity index is 1.57. The van der Waals surface area contributed by atoms with E-state index in [2.05, 4.69) is 32.3 Å². The predicted octanol–water partition coefficient (Wildman–Crippen LogP) is 2.17. The molecular formula is C16H23N5. The number of aromatic nitrogens is 3. The molecule has 1 aliphatic heterocycles. The van der Waals surface area contributed by atoms with Gasteiger partial charge in [-0.05, 0) is 45.0 Å². The van der Waals surface area contributed by atoms with Gasteiger partial charge < -0.3 is 15.2 Å². The predicted molar refractivity (Wildman–Crippen MR) is 84.5 cm³/mol. The molecule has 2 aromatic rings. The summed E-state index contributed by atoms with van der Waals surface area (Å²) in [4.78, 5) is 9.01. The van der Waals surface area contributed by atoms with Crippen LogP contribution in [0, 0.1) is 6.92 Å². The minimum Gasteiger partial charge on any atom is -0.368 e. The van der Waals surface area contributed by atoms with Gasteiger partial charge in [0.15, 0.2) is 0 Å². The number of hydrogen-bond donors (Lipinski definition) is 2. The topological polar surface area (TPSA) is 54.8 Å². The minimum absolute atomic E-state index is 0.601. The summed E-state index contributed by atoms with van der Waals surface area (Å²) in [7, 11) is 0. The summed E-state index contributed by atoms with van der Waals surface area (Å²) in [5, 5.41) is 6.82. The van der Waals surface area contributed by atoms with Crippen LogP contribution in [0.15, 0.2) is 30.6 Å². The number of aryl methyl sites for hydroxylation is 1. The molecule has 0 unspecified atom stereocenters. The first-order valence-corrected chi connectivity index (χ1v) is 7.72. The fraction of sp³-hybridized carbons (Fsp3) is 0.500. The smallest absolute Gasteiger partial charge is 0.126 e. The van der Waals surface area contributed by atoms with Crippen molar-refractivity contribution in [3.63, 3.8) is 0 Å². The van der Waals surface area contributed by atoms with Gasteiger partial charge in [-0.1, -0.05) is 6.07 Å². The molecule has 0 atom stereocenters. The van der Waals surface area contributed by atoms with Crippen LogP contribution in [-0.4, -0.2) is 34.2 Å². The van der Waals surface area contributed by atoms with E-state index in [1.54, 1.807) is 0 Å². The Bertz CT molecular complexity index is 572. The summed E-state index contributed by atoms with van der Waals surface area (Å²) >= 11 is 0. The van der Waals surface area contributed by atoms with Crippen LogP contribution in [0.1, 0.15) is 30.3 Å². The lowest BCUT2D eigenvalue weighted by Gasteiger charge is -2.22. The molecule has 0 aliphatic carbocycles. The molecule has 3 heterocycles. The molecule has 0 amide bonds. The van der Waals surface area contributed by atoms with Crippen LogP contribution in [0.2, 0.25) is 0 Å². The highest BCUT2D eigenvalue weighted by molar-refractivity contribution is 5.36. The Morgan fingerprint density at radius 2 is 2.19 bits per heavy atom. The van der Waals surface area contributed by atoms with E-state index in [-0.39, 0.29) is 0 Å². The van der Waals surface area contributed by atoms with Crippen LogP contribution in [-0.2, 0) is 6.54 Å². The van der Waals surface area contributed by atoms with Gasteiger partial charge in [-0.25, -0.2) is 9.97 Å². The van der Waals surface area contributed by atoms with Crippen LogP contribution >= 0.6 is 0 Å². The van der Waals surface area contributed by atoms with Crippen molar-refractivity contribution in [3.8, 4) is 0 Å². The van der Waals surface area contributed by atoms with Crippen LogP contribution in [0.3, 0.4) is 0 Å². The molecule has 0 aromatic carbocycles. The summed E-state index contributed by atoms with van der Waals surface area (Å²) in [6.07, 6.45) is 6.22. The quantitative estimate of drug-likeness (QED) is 0.884. The maximum absolute atomic E-state index is 4.77. The summed E-state index contributed by atoms with van der Waals surface area (Å²) < 4.78 is 2.14. The lowest BCUT2D eigenvalue weighted by Crippen LogP contribution is -2.27. The molecule has 0 bridgehead atoms. The molecule has 0 spiro atoms. The second-order valence-electron chi connectivity index (χ2n) is 5.57. The van der Waals surface area contributed by atoms with Crippen molar-refractivity contribution < 1.29 is 0 Å². The van der Waals surface area contributed by atoms with Crippen molar-refractivity contribution >= 4 is 5.82 Å². The van der Waals surface area contributed by atoms with Crippen molar-refractivity contribution in [2.45, 2.75) is 32.2 Å². The van der Waals surface area contributed by atoms with Gasteiger partial charge in [-0.3, -0.25) is 0 Å². The Morgan fingerprint density at radius 3 is 2.95 bits per heavy atom. The summed E-state index contributed by atoms with van der Waals surface area (Å²) in [5.74, 6) is 2.63. The van der Waals surface area contributed by atoms with Gasteiger partial charge in [0.1, 0.15) is 11.6 Å². The second kappa shape index (κ2) is 6.72. The van der Waals surface area contributed by atoms with E-state index in [1.807, 2.05) is 25.4 Å². The third kappa shape index (κ3) is 3.61. The maximum atomic E-state index is 4.77. The molecule has 0 radical (unpaired) electrons. The molecule has 21 heavy (non-hydrogen) atoms. The summed E-state index contributed by atoms with van der Waals surface area (Å²) in [6, 6.07) is 6.31. The van der Waals surface area contributed by atoms with E-state index in [1.165, 1.54) is 18.5 Å². The summed E-state index contributed by atoms with van der Waals surface area (Å²) in [5.41, 5.74) is 1.22. The van der Waals surface area contributed by atoms with Gasteiger partial charge in [0.25, 0.3) is 0 Å². The minimum atomic E-state index is 0.601. The number of imidazole rings is 1. The Labute approximate surface area is 125 Å². The third-order valence-corrected chi connectivity index (χ3v) is 4.11. The maximum Gasteiger partial charge on any atom is 0.126 e. The van der Waals surface area contributed by atoms with Crippen molar-refractivity contribution in [1.29, 1.82) is 0 Å². The fourth-order valence-electron chi connectivity index (χ4n) is 2.84. The van der Waals surface area contributed by atoms with Crippen LogP contribution in [0.5, 0.6) is 0 Å². The number of pyridine rings is 1. The molecule has 5 nitrogen and oxygen atoms in total. The largest absolute Gasteiger partial charge is 0.368 e. The van der Waals surface area contributed by atoms with Crippen LogP contribution in [0.4, 0.5) is 5.82 Å². The Morgan fingerprint density at radius 1 is 1.33 bits per heavy atom. The number of nitrogens with one attached hydrogen (secondary N) is 2. The van der Waals surface area contributed by atoms with Crippen LogP contribution in [0.25, 0.3) is 0 Å². The Kier molecular flexibility index (Phi) is 4.50. The van der Waals surface area contributed by atoms with Gasteiger partial charge >= 0.3 is 0 Å². The first kappa shape index (κ1) is 14.1. The van der Waals surface area contributed by atoms with Gasteiger partial charge in [0.2, 0.25) is 0 Å². The molecule has 112 valence electrons. The normalized spacial score (nSPS) is 16.0. The number of hydrogen-bond acceptors (Lipinski definition) is 4. The molecular weight excluding hydrogens is 262 g/mol. The van der Waals surface area contributed by atoms with Gasteiger partial charge in [0.05, 0.1) is 0 Å². The van der Waals surface area contributed by atoms with Gasteiger partial charge in [-0.2, -0.15) is 0 Å². The molecule has 3 rings (SSSR count). The molecule has 0 saturated carbocycles. The highest BCUT2D eigenvalue weighted by Gasteiger charge is 2.16. The Hall–Kier alpha value is -1.88. The van der Waals surface area contributed by atoms with E-state index in [9.17, 15) is 0 Å². The second-order valence-corrected chi connectivity index (χ2v) is 5.57. The molecule has 5 heteroatoms. The van der Waals surface area contributed by atoms with E-state index in [4.69, 9.17) is 4.98 Å². The monoisotopic (exact) mass is 285 g/mol. The van der Waals surface area contributed by atoms with E-state index < -0.39 is 0 Å². The zero-order chi connectivity index (χ0) is 14.5. The van der Waals surface area contributed by atoms with Crippen LogP contribution < -0.4 is 10.6 Å². The molecule has 1 aliphatic rings. The molecule has 1 fully saturated rings. The van der Waals surface area contributed by atoms with Crippen molar-refractivity contribution in [3.05, 3.63) is 42.1 Å². The highest BCUT2D eigenvalue weighted by Crippen LogP contribution is 2.24.